The van der Waals surface area contributed by atoms with Crippen LogP contribution in [-0.2, 0) is 14.3 Å². The molecule has 0 radical (unpaired) electrons. The molecule has 336 valence electrons. The summed E-state index contributed by atoms with van der Waals surface area (Å²) in [4.78, 5) is 26.1. The maximum atomic E-state index is 13.2. The Kier molecular flexibility index (Phi) is 43.7. The van der Waals surface area contributed by atoms with Gasteiger partial charge in [-0.2, -0.15) is 0 Å². The van der Waals surface area contributed by atoms with E-state index in [4.69, 9.17) is 4.74 Å². The summed E-state index contributed by atoms with van der Waals surface area (Å²) in [6, 6.07) is -0.714. The van der Waals surface area contributed by atoms with E-state index in [0.717, 1.165) is 70.6 Å². The third kappa shape index (κ3) is 40.3. The first-order valence-corrected chi connectivity index (χ1v) is 24.6. The number of aliphatic hydroxyl groups is 2. The number of unbranched alkanes of at least 4 members (excludes halogenated alkanes) is 25. The number of ether oxygens (including phenoxy) is 1. The number of nitrogens with one attached hydrogen (secondary N) is 1. The predicted molar refractivity (Wildman–Crippen MR) is 250 cm³/mol. The molecule has 3 N–H and O–H groups in total. The lowest BCUT2D eigenvalue weighted by Crippen LogP contribution is -2.46. The highest BCUT2D eigenvalue weighted by Gasteiger charge is 2.24. The van der Waals surface area contributed by atoms with Gasteiger partial charge in [0.1, 0.15) is 6.10 Å². The van der Waals surface area contributed by atoms with Crippen molar-refractivity contribution in [2.24, 2.45) is 0 Å². The van der Waals surface area contributed by atoms with Gasteiger partial charge in [-0.25, -0.2) is 0 Å². The van der Waals surface area contributed by atoms with Gasteiger partial charge in [0, 0.05) is 6.42 Å². The minimum absolute atomic E-state index is 0.0499. The average molecular weight is 812 g/mol. The van der Waals surface area contributed by atoms with Gasteiger partial charge in [0.05, 0.1) is 25.2 Å². The molecule has 0 fully saturated rings. The quantitative estimate of drug-likeness (QED) is 0.0324. The summed E-state index contributed by atoms with van der Waals surface area (Å²) in [5.74, 6) is -0.514. The fourth-order valence-corrected chi connectivity index (χ4v) is 7.22. The van der Waals surface area contributed by atoms with Gasteiger partial charge in [0.25, 0.3) is 0 Å². The molecule has 6 nitrogen and oxygen atoms in total. The monoisotopic (exact) mass is 812 g/mol. The van der Waals surface area contributed by atoms with E-state index in [1.165, 1.54) is 116 Å². The summed E-state index contributed by atoms with van der Waals surface area (Å²) in [6.07, 6.45) is 55.6. The molecule has 0 aromatic heterocycles. The Labute approximate surface area is 358 Å². The summed E-state index contributed by atoms with van der Waals surface area (Å²) in [6.45, 7) is 6.36. The summed E-state index contributed by atoms with van der Waals surface area (Å²) in [5.41, 5.74) is 0. The molecule has 6 heteroatoms. The van der Waals surface area contributed by atoms with Crippen LogP contribution in [0.2, 0.25) is 0 Å². The maximum Gasteiger partial charge on any atom is 0.306 e. The lowest BCUT2D eigenvalue weighted by atomic mass is 10.0. The summed E-state index contributed by atoms with van der Waals surface area (Å²) in [7, 11) is 0. The SMILES string of the molecule is CCC/C=C/C=C/C=C/C=C/C=C/CCCCCC(CC(=O)NC(CO)C(O)CCCCCCCCCCCC)OC(=O)CCCCCCCCCCCCCCC. The van der Waals surface area contributed by atoms with Gasteiger partial charge in [0.15, 0.2) is 0 Å². The van der Waals surface area contributed by atoms with Crippen LogP contribution >= 0.6 is 0 Å². The number of carbonyl (C=O) groups excluding carboxylic acids is 2. The minimum atomic E-state index is -0.798. The Hall–Kier alpha value is -2.44. The van der Waals surface area contributed by atoms with Crippen molar-refractivity contribution >= 4 is 11.9 Å². The molecular formula is C52H93NO5. The molecule has 0 aliphatic carbocycles. The highest BCUT2D eigenvalue weighted by atomic mass is 16.5. The van der Waals surface area contributed by atoms with Crippen molar-refractivity contribution in [2.75, 3.05) is 6.61 Å². The lowest BCUT2D eigenvalue weighted by molar-refractivity contribution is -0.151. The smallest absolute Gasteiger partial charge is 0.306 e. The first kappa shape index (κ1) is 55.6. The second kappa shape index (κ2) is 45.6. The van der Waals surface area contributed by atoms with Crippen molar-refractivity contribution in [3.63, 3.8) is 0 Å². The van der Waals surface area contributed by atoms with E-state index >= 15 is 0 Å². The largest absolute Gasteiger partial charge is 0.462 e. The molecule has 0 aliphatic rings. The number of amides is 1. The molecule has 0 rings (SSSR count). The number of esters is 1. The van der Waals surface area contributed by atoms with Gasteiger partial charge in [-0.15, -0.1) is 0 Å². The van der Waals surface area contributed by atoms with Crippen LogP contribution in [0.1, 0.15) is 233 Å². The Morgan fingerprint density at radius 2 is 0.914 bits per heavy atom. The second-order valence-corrected chi connectivity index (χ2v) is 16.6. The van der Waals surface area contributed by atoms with E-state index in [1.807, 2.05) is 36.5 Å². The van der Waals surface area contributed by atoms with Crippen LogP contribution in [0.4, 0.5) is 0 Å². The van der Waals surface area contributed by atoms with Crippen molar-refractivity contribution in [2.45, 2.75) is 251 Å². The molecule has 0 aromatic carbocycles. The molecule has 1 amide bonds. The lowest BCUT2D eigenvalue weighted by Gasteiger charge is -2.24. The number of hydrogen-bond donors (Lipinski definition) is 3. The highest BCUT2D eigenvalue weighted by molar-refractivity contribution is 5.77. The summed E-state index contributed by atoms with van der Waals surface area (Å²) in [5, 5.41) is 23.7. The average Bonchev–Trinajstić information content (AvgIpc) is 3.22. The highest BCUT2D eigenvalue weighted by Crippen LogP contribution is 2.17. The Balaban J connectivity index is 4.70. The molecule has 0 saturated carbocycles. The Bertz CT molecular complexity index is 1050. The van der Waals surface area contributed by atoms with Crippen molar-refractivity contribution in [3.8, 4) is 0 Å². The van der Waals surface area contributed by atoms with E-state index < -0.39 is 18.2 Å². The van der Waals surface area contributed by atoms with E-state index in [1.54, 1.807) is 0 Å². The van der Waals surface area contributed by atoms with Gasteiger partial charge in [-0.1, -0.05) is 236 Å². The van der Waals surface area contributed by atoms with Gasteiger partial charge < -0.3 is 20.3 Å². The Morgan fingerprint density at radius 1 is 0.500 bits per heavy atom. The fraction of sp³-hybridized carbons (Fsp3) is 0.769. The zero-order valence-corrected chi connectivity index (χ0v) is 38.2. The van der Waals surface area contributed by atoms with Crippen LogP contribution in [0.5, 0.6) is 0 Å². The Morgan fingerprint density at radius 3 is 1.40 bits per heavy atom. The van der Waals surface area contributed by atoms with Gasteiger partial charge >= 0.3 is 5.97 Å². The number of carbonyl (C=O) groups is 2. The molecule has 0 aliphatic heterocycles. The molecule has 0 bridgehead atoms. The van der Waals surface area contributed by atoms with Crippen molar-refractivity contribution in [1.82, 2.24) is 5.32 Å². The third-order valence-corrected chi connectivity index (χ3v) is 11.0. The first-order chi connectivity index (χ1) is 28.5. The van der Waals surface area contributed by atoms with E-state index in [2.05, 4.69) is 50.4 Å². The van der Waals surface area contributed by atoms with Crippen LogP contribution in [0.15, 0.2) is 60.8 Å². The summed E-state index contributed by atoms with van der Waals surface area (Å²) < 4.78 is 5.90. The summed E-state index contributed by atoms with van der Waals surface area (Å²) >= 11 is 0. The fourth-order valence-electron chi connectivity index (χ4n) is 7.22. The predicted octanol–water partition coefficient (Wildman–Crippen LogP) is 14.5. The topological polar surface area (TPSA) is 95.9 Å². The van der Waals surface area contributed by atoms with Crippen molar-refractivity contribution in [3.05, 3.63) is 60.8 Å². The zero-order valence-electron chi connectivity index (χ0n) is 38.2. The molecule has 58 heavy (non-hydrogen) atoms. The second-order valence-electron chi connectivity index (χ2n) is 16.6. The molecular weight excluding hydrogens is 719 g/mol. The molecule has 0 saturated heterocycles. The third-order valence-electron chi connectivity index (χ3n) is 11.0. The van der Waals surface area contributed by atoms with Crippen molar-refractivity contribution < 1.29 is 24.5 Å². The zero-order chi connectivity index (χ0) is 42.4. The molecule has 0 spiro atoms. The number of aliphatic hydroxyl groups excluding tert-OH is 2. The minimum Gasteiger partial charge on any atom is -0.462 e. The van der Waals surface area contributed by atoms with Crippen LogP contribution in [0, 0.1) is 0 Å². The van der Waals surface area contributed by atoms with Gasteiger partial charge in [-0.05, 0) is 44.9 Å². The van der Waals surface area contributed by atoms with E-state index in [-0.39, 0.29) is 24.9 Å². The molecule has 0 heterocycles. The van der Waals surface area contributed by atoms with Crippen LogP contribution in [0.25, 0.3) is 0 Å². The van der Waals surface area contributed by atoms with E-state index in [9.17, 15) is 19.8 Å². The maximum absolute atomic E-state index is 13.2. The number of allylic oxidation sites excluding steroid dienone is 10. The number of rotatable bonds is 43. The molecule has 3 unspecified atom stereocenters. The van der Waals surface area contributed by atoms with Crippen LogP contribution in [-0.4, -0.2) is 46.9 Å². The van der Waals surface area contributed by atoms with Crippen molar-refractivity contribution in [1.29, 1.82) is 0 Å². The van der Waals surface area contributed by atoms with Crippen LogP contribution in [0.3, 0.4) is 0 Å². The first-order valence-electron chi connectivity index (χ1n) is 24.6. The van der Waals surface area contributed by atoms with Gasteiger partial charge in [-0.3, -0.25) is 9.59 Å². The normalized spacial score (nSPS) is 13.8. The molecule has 0 aromatic rings. The number of hydrogen-bond acceptors (Lipinski definition) is 5. The van der Waals surface area contributed by atoms with Gasteiger partial charge in [0.2, 0.25) is 5.91 Å². The molecule has 3 atom stereocenters. The standard InChI is InChI=1S/C52H93NO5/c1-4-7-10-13-16-19-22-24-25-26-28-29-31-34-37-40-43-48(58-52(57)45-42-39-36-33-30-27-23-20-17-14-11-8-5-2)46-51(56)53-49(47-54)50(55)44-41-38-35-32-21-18-15-12-9-6-3/h10,13,16,19,22,24-26,28-29,48-50,54-55H,4-9,11-12,14-15,17-18,20-21,23,27,30-47H2,1-3H3,(H,53,56)/b13-10+,19-16+,24-22+,26-25+,29-28+. The van der Waals surface area contributed by atoms with E-state index in [0.29, 0.717) is 19.3 Å². The van der Waals surface area contributed by atoms with Crippen LogP contribution < -0.4 is 5.32 Å².